The van der Waals surface area contributed by atoms with Crippen LogP contribution in [0, 0.1) is 5.92 Å². The first-order valence-corrected chi connectivity index (χ1v) is 6.53. The fraction of sp³-hybridized carbons (Fsp3) is 0.385. The van der Waals surface area contributed by atoms with Crippen LogP contribution in [0.25, 0.3) is 0 Å². The van der Waals surface area contributed by atoms with E-state index in [1.54, 1.807) is 18.3 Å². The average molecular weight is 273 g/mol. The van der Waals surface area contributed by atoms with Gasteiger partial charge >= 0.3 is 0 Å². The summed E-state index contributed by atoms with van der Waals surface area (Å²) in [7, 11) is 0. The van der Waals surface area contributed by atoms with Gasteiger partial charge < -0.3 is 10.4 Å². The Hall–Kier alpha value is -2.44. The maximum absolute atomic E-state index is 12.1. The van der Waals surface area contributed by atoms with Crippen molar-refractivity contribution in [1.82, 2.24) is 25.7 Å². The molecule has 0 radical (unpaired) electrons. The van der Waals surface area contributed by atoms with Crippen LogP contribution in [0.1, 0.15) is 23.5 Å². The molecule has 0 aromatic carbocycles. The summed E-state index contributed by atoms with van der Waals surface area (Å²) in [5.74, 6) is -0.0441. The Balaban J connectivity index is 1.59. The maximum atomic E-state index is 12.1. The summed E-state index contributed by atoms with van der Waals surface area (Å²) in [5, 5.41) is 23.1. The number of fused-ring (bicyclic) bond motifs is 1. The third kappa shape index (κ3) is 2.47. The molecule has 0 saturated carbocycles. The summed E-state index contributed by atoms with van der Waals surface area (Å²) in [4.78, 5) is 16.2. The number of amides is 1. The van der Waals surface area contributed by atoms with Crippen molar-refractivity contribution in [3.63, 3.8) is 0 Å². The van der Waals surface area contributed by atoms with Gasteiger partial charge in [-0.3, -0.25) is 9.78 Å². The number of rotatable bonds is 3. The molecule has 0 saturated heterocycles. The number of nitrogens with one attached hydrogen (secondary N) is 2. The zero-order valence-corrected chi connectivity index (χ0v) is 10.8. The van der Waals surface area contributed by atoms with Gasteiger partial charge in [-0.15, -0.1) is 0 Å². The van der Waals surface area contributed by atoms with E-state index in [4.69, 9.17) is 0 Å². The predicted octanol–water partition coefficient (Wildman–Crippen LogP) is 0.327. The molecule has 3 N–H and O–H groups in total. The second-order valence-electron chi connectivity index (χ2n) is 4.84. The van der Waals surface area contributed by atoms with E-state index in [0.29, 0.717) is 12.1 Å². The summed E-state index contributed by atoms with van der Waals surface area (Å²) < 4.78 is 0. The number of pyridine rings is 1. The van der Waals surface area contributed by atoms with Crippen LogP contribution in [0.2, 0.25) is 0 Å². The Kier molecular flexibility index (Phi) is 3.32. The van der Waals surface area contributed by atoms with Crippen molar-refractivity contribution in [2.45, 2.75) is 25.8 Å². The summed E-state index contributed by atoms with van der Waals surface area (Å²) in [6, 6.07) is 3.20. The van der Waals surface area contributed by atoms with Crippen LogP contribution in [0.4, 0.5) is 0 Å². The minimum absolute atomic E-state index is 0.0382. The van der Waals surface area contributed by atoms with Gasteiger partial charge in [0.2, 0.25) is 5.91 Å². The number of hydrogen-bond acceptors (Lipinski definition) is 5. The predicted molar refractivity (Wildman–Crippen MR) is 69.6 cm³/mol. The number of aryl methyl sites for hydroxylation is 1. The molecule has 0 bridgehead atoms. The minimum atomic E-state index is -0.0987. The van der Waals surface area contributed by atoms with Gasteiger partial charge in [-0.1, -0.05) is 0 Å². The molecule has 1 unspecified atom stereocenters. The lowest BCUT2D eigenvalue weighted by Crippen LogP contribution is -2.34. The number of aromatic amines is 1. The van der Waals surface area contributed by atoms with Gasteiger partial charge in [0.05, 0.1) is 17.9 Å². The van der Waals surface area contributed by atoms with Crippen molar-refractivity contribution in [1.29, 1.82) is 0 Å². The first-order valence-electron chi connectivity index (χ1n) is 6.53. The molecule has 0 fully saturated rings. The van der Waals surface area contributed by atoms with E-state index in [1.165, 1.54) is 0 Å². The lowest BCUT2D eigenvalue weighted by molar-refractivity contribution is -0.125. The third-order valence-electron chi connectivity index (χ3n) is 3.54. The molecule has 1 aliphatic carbocycles. The lowest BCUT2D eigenvalue weighted by atomic mass is 9.89. The van der Waals surface area contributed by atoms with Crippen molar-refractivity contribution >= 4 is 5.91 Å². The number of hydrogen-bond donors (Lipinski definition) is 3. The van der Waals surface area contributed by atoms with Crippen molar-refractivity contribution in [2.24, 2.45) is 5.92 Å². The molecular weight excluding hydrogens is 258 g/mol. The number of H-pyrrole nitrogens is 1. The first-order chi connectivity index (χ1) is 9.74. The zero-order valence-electron chi connectivity index (χ0n) is 10.8. The fourth-order valence-electron chi connectivity index (χ4n) is 2.39. The number of aromatic nitrogens is 4. The Morgan fingerprint density at radius 3 is 3.15 bits per heavy atom. The highest BCUT2D eigenvalue weighted by Crippen LogP contribution is 2.22. The van der Waals surface area contributed by atoms with Crippen molar-refractivity contribution in [2.75, 3.05) is 0 Å². The third-order valence-corrected chi connectivity index (χ3v) is 3.54. The number of carbonyl (C=O) groups excluding carboxylic acids is 1. The number of aromatic hydroxyl groups is 1. The Morgan fingerprint density at radius 2 is 2.30 bits per heavy atom. The van der Waals surface area contributed by atoms with Gasteiger partial charge in [0, 0.05) is 18.5 Å². The molecule has 3 rings (SSSR count). The molecule has 2 heterocycles. The Labute approximate surface area is 115 Å². The van der Waals surface area contributed by atoms with Crippen molar-refractivity contribution < 1.29 is 9.90 Å². The molecule has 2 aromatic heterocycles. The summed E-state index contributed by atoms with van der Waals surface area (Å²) in [6.07, 6.45) is 3.72. The molecule has 7 heteroatoms. The van der Waals surface area contributed by atoms with Crippen LogP contribution in [0.15, 0.2) is 18.3 Å². The van der Waals surface area contributed by atoms with Gasteiger partial charge in [0.15, 0.2) is 0 Å². The summed E-state index contributed by atoms with van der Waals surface area (Å²) in [6.45, 7) is 0.230. The maximum Gasteiger partial charge on any atom is 0.223 e. The van der Waals surface area contributed by atoms with Gasteiger partial charge in [-0.25, -0.2) is 0 Å². The largest absolute Gasteiger partial charge is 0.506 e. The van der Waals surface area contributed by atoms with Gasteiger partial charge in [-0.2, -0.15) is 15.4 Å². The van der Waals surface area contributed by atoms with Crippen LogP contribution in [-0.2, 0) is 24.2 Å². The normalized spacial score (nSPS) is 17.5. The Morgan fingerprint density at radius 1 is 1.45 bits per heavy atom. The van der Waals surface area contributed by atoms with Crippen LogP contribution in [-0.4, -0.2) is 31.4 Å². The van der Waals surface area contributed by atoms with Crippen LogP contribution in [0.5, 0.6) is 5.75 Å². The van der Waals surface area contributed by atoms with E-state index in [-0.39, 0.29) is 24.1 Å². The Bertz CT molecular complexity index is 625. The second-order valence-corrected chi connectivity index (χ2v) is 4.84. The van der Waals surface area contributed by atoms with Gasteiger partial charge in [0.25, 0.3) is 0 Å². The zero-order chi connectivity index (χ0) is 13.9. The van der Waals surface area contributed by atoms with Gasteiger partial charge in [-0.05, 0) is 25.0 Å². The van der Waals surface area contributed by atoms with E-state index in [0.717, 1.165) is 24.2 Å². The molecule has 0 spiro atoms. The number of carbonyl (C=O) groups is 1. The van der Waals surface area contributed by atoms with E-state index in [1.807, 2.05) is 0 Å². The van der Waals surface area contributed by atoms with E-state index in [2.05, 4.69) is 25.7 Å². The highest BCUT2D eigenvalue weighted by molar-refractivity contribution is 5.79. The summed E-state index contributed by atoms with van der Waals surface area (Å²) >= 11 is 0. The molecule has 0 aliphatic heterocycles. The van der Waals surface area contributed by atoms with E-state index in [9.17, 15) is 9.90 Å². The molecule has 20 heavy (non-hydrogen) atoms. The molecule has 2 aromatic rings. The highest BCUT2D eigenvalue weighted by atomic mass is 16.3. The minimum Gasteiger partial charge on any atom is -0.506 e. The number of nitrogens with zero attached hydrogens (tertiary/aromatic N) is 3. The standard InChI is InChI=1S/C13H15N5O2/c19-12-2-1-5-14-11(12)7-15-13(20)8-3-4-9-10(6-8)17-18-16-9/h1-2,5,8,19H,3-4,6-7H2,(H,15,20)(H,16,17,18). The van der Waals surface area contributed by atoms with Crippen LogP contribution >= 0.6 is 0 Å². The van der Waals surface area contributed by atoms with E-state index >= 15 is 0 Å². The molecule has 1 aliphatic rings. The molecular formula is C13H15N5O2. The second kappa shape index (κ2) is 5.28. The van der Waals surface area contributed by atoms with Crippen LogP contribution in [0.3, 0.4) is 0 Å². The summed E-state index contributed by atoms with van der Waals surface area (Å²) in [5.41, 5.74) is 2.30. The van der Waals surface area contributed by atoms with Crippen molar-refractivity contribution in [3.8, 4) is 5.75 Å². The van der Waals surface area contributed by atoms with Crippen LogP contribution < -0.4 is 5.32 Å². The highest BCUT2D eigenvalue weighted by Gasteiger charge is 2.27. The molecule has 1 amide bonds. The quantitative estimate of drug-likeness (QED) is 0.747. The van der Waals surface area contributed by atoms with E-state index < -0.39 is 0 Å². The molecule has 104 valence electrons. The molecule has 1 atom stereocenters. The lowest BCUT2D eigenvalue weighted by Gasteiger charge is -2.19. The topological polar surface area (TPSA) is 104 Å². The monoisotopic (exact) mass is 273 g/mol. The average Bonchev–Trinajstić information content (AvgIpc) is 2.93. The fourth-order valence-corrected chi connectivity index (χ4v) is 2.39. The first kappa shape index (κ1) is 12.6. The smallest absolute Gasteiger partial charge is 0.223 e. The van der Waals surface area contributed by atoms with Crippen molar-refractivity contribution in [3.05, 3.63) is 35.4 Å². The van der Waals surface area contributed by atoms with Gasteiger partial charge in [0.1, 0.15) is 11.4 Å². The molecule has 7 nitrogen and oxygen atoms in total. The SMILES string of the molecule is O=C(NCc1ncccc1O)C1CCc2n[nH]nc2C1.